The molecule has 0 saturated carbocycles. The van der Waals surface area contributed by atoms with Crippen LogP contribution in [0.25, 0.3) is 0 Å². The van der Waals surface area contributed by atoms with E-state index in [9.17, 15) is 0 Å². The van der Waals surface area contributed by atoms with Crippen molar-refractivity contribution in [3.8, 4) is 0 Å². The maximum absolute atomic E-state index is 4.52. The zero-order valence-corrected chi connectivity index (χ0v) is 14.0. The first kappa shape index (κ1) is 17.3. The molecule has 0 fully saturated rings. The number of nitrogens with zero attached hydrogens (tertiary/aromatic N) is 3. The first-order valence-electron chi connectivity index (χ1n) is 7.75. The summed E-state index contributed by atoms with van der Waals surface area (Å²) < 4.78 is 0. The lowest BCUT2D eigenvalue weighted by Crippen LogP contribution is -2.38. The lowest BCUT2D eigenvalue weighted by molar-refractivity contribution is 0.614. The fourth-order valence-electron chi connectivity index (χ4n) is 1.96. The second-order valence-electron chi connectivity index (χ2n) is 5.40. The van der Waals surface area contributed by atoms with Gasteiger partial charge in [-0.3, -0.25) is 4.99 Å². The monoisotopic (exact) mass is 291 g/mol. The van der Waals surface area contributed by atoms with Gasteiger partial charge in [-0.05, 0) is 31.4 Å². The van der Waals surface area contributed by atoms with Crippen LogP contribution < -0.4 is 15.5 Å². The fraction of sp³-hybridized carbons (Fsp3) is 0.625. The first-order valence-corrected chi connectivity index (χ1v) is 7.75. The number of aliphatic imine (C=N–C) groups is 1. The van der Waals surface area contributed by atoms with Crippen LogP contribution >= 0.6 is 0 Å². The third-order valence-electron chi connectivity index (χ3n) is 3.26. The second-order valence-corrected chi connectivity index (χ2v) is 5.40. The van der Waals surface area contributed by atoms with Crippen LogP contribution in [0, 0.1) is 5.92 Å². The van der Waals surface area contributed by atoms with Gasteiger partial charge in [-0.1, -0.05) is 19.9 Å². The summed E-state index contributed by atoms with van der Waals surface area (Å²) in [6, 6.07) is 4.19. The van der Waals surface area contributed by atoms with Crippen molar-refractivity contribution >= 4 is 11.8 Å². The quantitative estimate of drug-likeness (QED) is 0.597. The van der Waals surface area contributed by atoms with E-state index in [4.69, 9.17) is 0 Å². The standard InChI is InChI=1S/C16H29N5/c1-6-21(7-2)15-9-8-14(11-18-15)12-20-16(17-5)19-10-13(3)4/h8-9,11,13H,6-7,10,12H2,1-5H3,(H2,17,19,20). The molecule has 0 unspecified atom stereocenters. The number of hydrogen-bond acceptors (Lipinski definition) is 3. The number of aromatic nitrogens is 1. The lowest BCUT2D eigenvalue weighted by atomic mass is 10.2. The lowest BCUT2D eigenvalue weighted by Gasteiger charge is -2.19. The minimum absolute atomic E-state index is 0.596. The molecule has 5 heteroatoms. The highest BCUT2D eigenvalue weighted by molar-refractivity contribution is 5.79. The van der Waals surface area contributed by atoms with Crippen LogP contribution in [0.3, 0.4) is 0 Å². The Kier molecular flexibility index (Phi) is 7.58. The summed E-state index contributed by atoms with van der Waals surface area (Å²) in [5.74, 6) is 2.46. The van der Waals surface area contributed by atoms with Gasteiger partial charge in [0.1, 0.15) is 5.82 Å². The number of anilines is 1. The highest BCUT2D eigenvalue weighted by Gasteiger charge is 2.04. The highest BCUT2D eigenvalue weighted by Crippen LogP contribution is 2.10. The Balaban J connectivity index is 2.52. The Hall–Kier alpha value is -1.78. The largest absolute Gasteiger partial charge is 0.357 e. The van der Waals surface area contributed by atoms with Crippen molar-refractivity contribution in [3.05, 3.63) is 23.9 Å². The predicted octanol–water partition coefficient (Wildman–Crippen LogP) is 2.25. The average Bonchev–Trinajstić information content (AvgIpc) is 2.50. The van der Waals surface area contributed by atoms with Gasteiger partial charge >= 0.3 is 0 Å². The third kappa shape index (κ3) is 6.02. The Labute approximate surface area is 128 Å². The molecule has 0 aliphatic rings. The van der Waals surface area contributed by atoms with Gasteiger partial charge in [0.05, 0.1) is 0 Å². The van der Waals surface area contributed by atoms with Crippen LogP contribution in [0.4, 0.5) is 5.82 Å². The van der Waals surface area contributed by atoms with E-state index in [1.807, 2.05) is 6.20 Å². The van der Waals surface area contributed by atoms with Crippen molar-refractivity contribution in [2.45, 2.75) is 34.2 Å². The van der Waals surface area contributed by atoms with Gasteiger partial charge in [-0.2, -0.15) is 0 Å². The van der Waals surface area contributed by atoms with E-state index < -0.39 is 0 Å². The van der Waals surface area contributed by atoms with Crippen molar-refractivity contribution < 1.29 is 0 Å². The maximum atomic E-state index is 4.52. The third-order valence-corrected chi connectivity index (χ3v) is 3.26. The normalized spacial score (nSPS) is 11.6. The molecule has 1 aromatic heterocycles. The minimum Gasteiger partial charge on any atom is -0.357 e. The molecule has 0 amide bonds. The molecule has 0 aromatic carbocycles. The van der Waals surface area contributed by atoms with Crippen LogP contribution in [-0.4, -0.2) is 37.6 Å². The van der Waals surface area contributed by atoms with Crippen LogP contribution in [0.1, 0.15) is 33.3 Å². The molecule has 118 valence electrons. The Morgan fingerprint density at radius 2 is 1.95 bits per heavy atom. The van der Waals surface area contributed by atoms with E-state index in [1.165, 1.54) is 0 Å². The van der Waals surface area contributed by atoms with Gasteiger partial charge < -0.3 is 15.5 Å². The predicted molar refractivity (Wildman–Crippen MR) is 90.8 cm³/mol. The number of nitrogens with one attached hydrogen (secondary N) is 2. The topological polar surface area (TPSA) is 52.5 Å². The van der Waals surface area contributed by atoms with Crippen LogP contribution in [-0.2, 0) is 6.54 Å². The highest BCUT2D eigenvalue weighted by atomic mass is 15.2. The van der Waals surface area contributed by atoms with Crippen LogP contribution in [0.5, 0.6) is 0 Å². The van der Waals surface area contributed by atoms with E-state index in [-0.39, 0.29) is 0 Å². The van der Waals surface area contributed by atoms with E-state index in [1.54, 1.807) is 7.05 Å². The summed E-state index contributed by atoms with van der Waals surface area (Å²) in [5, 5.41) is 6.60. The molecule has 0 spiro atoms. The molecule has 0 saturated heterocycles. The Morgan fingerprint density at radius 1 is 1.24 bits per heavy atom. The van der Waals surface area contributed by atoms with Crippen molar-refractivity contribution in [1.29, 1.82) is 0 Å². The van der Waals surface area contributed by atoms with Gasteiger partial charge in [-0.25, -0.2) is 4.98 Å². The molecule has 21 heavy (non-hydrogen) atoms. The van der Waals surface area contributed by atoms with Crippen LogP contribution in [0.2, 0.25) is 0 Å². The number of hydrogen-bond donors (Lipinski definition) is 2. The Bertz CT molecular complexity index is 421. The van der Waals surface area contributed by atoms with E-state index in [0.717, 1.165) is 43.5 Å². The zero-order valence-electron chi connectivity index (χ0n) is 14.0. The van der Waals surface area contributed by atoms with Gasteiger partial charge in [0, 0.05) is 39.4 Å². The fourth-order valence-corrected chi connectivity index (χ4v) is 1.96. The van der Waals surface area contributed by atoms with Crippen molar-refractivity contribution in [2.75, 3.05) is 31.6 Å². The SMILES string of the molecule is CCN(CC)c1ccc(CNC(=NC)NCC(C)C)cn1. The summed E-state index contributed by atoms with van der Waals surface area (Å²) in [5.41, 5.74) is 1.15. The molecule has 1 rings (SSSR count). The maximum Gasteiger partial charge on any atom is 0.191 e. The summed E-state index contributed by atoms with van der Waals surface area (Å²) >= 11 is 0. The van der Waals surface area contributed by atoms with E-state index in [2.05, 4.69) is 65.3 Å². The van der Waals surface area contributed by atoms with Crippen molar-refractivity contribution in [1.82, 2.24) is 15.6 Å². The van der Waals surface area contributed by atoms with Gasteiger partial charge in [0.25, 0.3) is 0 Å². The van der Waals surface area contributed by atoms with Crippen LogP contribution in [0.15, 0.2) is 23.3 Å². The summed E-state index contributed by atoms with van der Waals surface area (Å²) in [6.45, 7) is 12.2. The van der Waals surface area contributed by atoms with Gasteiger partial charge in [0.2, 0.25) is 0 Å². The number of guanidine groups is 1. The smallest absolute Gasteiger partial charge is 0.191 e. The first-order chi connectivity index (χ1) is 10.1. The summed E-state index contributed by atoms with van der Waals surface area (Å²) in [4.78, 5) is 11.0. The molecule has 1 heterocycles. The molecule has 0 aliphatic carbocycles. The van der Waals surface area contributed by atoms with Crippen molar-refractivity contribution in [2.24, 2.45) is 10.9 Å². The number of rotatable bonds is 7. The molecule has 0 bridgehead atoms. The molecule has 0 atom stereocenters. The van der Waals surface area contributed by atoms with Crippen molar-refractivity contribution in [3.63, 3.8) is 0 Å². The van der Waals surface area contributed by atoms with Gasteiger partial charge in [-0.15, -0.1) is 0 Å². The van der Waals surface area contributed by atoms with E-state index in [0.29, 0.717) is 5.92 Å². The molecule has 0 aliphatic heterocycles. The average molecular weight is 291 g/mol. The van der Waals surface area contributed by atoms with Gasteiger partial charge in [0.15, 0.2) is 5.96 Å². The Morgan fingerprint density at radius 3 is 2.43 bits per heavy atom. The zero-order chi connectivity index (χ0) is 15.7. The molecule has 2 N–H and O–H groups in total. The summed E-state index contributed by atoms with van der Waals surface area (Å²) in [6.07, 6.45) is 1.93. The minimum atomic E-state index is 0.596. The molecule has 0 radical (unpaired) electrons. The molecular weight excluding hydrogens is 262 g/mol. The second kappa shape index (κ2) is 9.21. The number of pyridine rings is 1. The van der Waals surface area contributed by atoms with E-state index >= 15 is 0 Å². The molecule has 5 nitrogen and oxygen atoms in total. The molecule has 1 aromatic rings. The molecular formula is C16H29N5. The summed E-state index contributed by atoms with van der Waals surface area (Å²) in [7, 11) is 1.79.